The largest absolute Gasteiger partial charge is 0.352 e. The van der Waals surface area contributed by atoms with Gasteiger partial charge in [0.25, 0.3) is 0 Å². The fourth-order valence-electron chi connectivity index (χ4n) is 0.719. The molecule has 0 fully saturated rings. The number of hydrogen-bond donors (Lipinski definition) is 2. The van der Waals surface area contributed by atoms with Crippen LogP contribution >= 0.6 is 15.9 Å². The normalized spacial score (nSPS) is 9.42. The van der Waals surface area contributed by atoms with Crippen LogP contribution in [0.3, 0.4) is 0 Å². The average molecular weight is 230 g/mol. The lowest BCUT2D eigenvalue weighted by atomic mass is 10.3. The molecule has 1 heterocycles. The van der Waals surface area contributed by atoms with E-state index in [2.05, 4.69) is 26.2 Å². The molecule has 5 heteroatoms. The third-order valence-electron chi connectivity index (χ3n) is 1.26. The van der Waals surface area contributed by atoms with E-state index in [-0.39, 0.29) is 0 Å². The summed E-state index contributed by atoms with van der Waals surface area (Å²) in [5, 5.41) is 2.45. The Bertz CT molecular complexity index is 290. The Morgan fingerprint density at radius 1 is 1.75 bits per heavy atom. The standard InChI is InChI=1S/C7H8BrN3O/c8-5-2-1-3-10-6(5)4-11-7(9)12/h1-3H,4H2,(H3,9,11,12). The average Bonchev–Trinajstić information content (AvgIpc) is 2.03. The molecule has 0 spiro atoms. The highest BCUT2D eigenvalue weighted by Gasteiger charge is 1.99. The van der Waals surface area contributed by atoms with Gasteiger partial charge >= 0.3 is 6.03 Å². The van der Waals surface area contributed by atoms with Gasteiger partial charge in [-0.15, -0.1) is 0 Å². The maximum absolute atomic E-state index is 10.4. The van der Waals surface area contributed by atoms with Crippen molar-refractivity contribution in [2.45, 2.75) is 6.54 Å². The summed E-state index contributed by atoms with van der Waals surface area (Å²) in [6.07, 6.45) is 1.66. The van der Waals surface area contributed by atoms with Crippen LogP contribution in [0.25, 0.3) is 0 Å². The zero-order chi connectivity index (χ0) is 8.97. The first-order valence-corrected chi connectivity index (χ1v) is 4.12. The molecule has 2 amide bonds. The van der Waals surface area contributed by atoms with Gasteiger partial charge in [0.05, 0.1) is 12.2 Å². The molecule has 1 aromatic rings. The monoisotopic (exact) mass is 229 g/mol. The lowest BCUT2D eigenvalue weighted by Gasteiger charge is -2.02. The van der Waals surface area contributed by atoms with Gasteiger partial charge in [-0.05, 0) is 28.1 Å². The molecule has 4 nitrogen and oxygen atoms in total. The Kier molecular flexibility index (Phi) is 3.04. The van der Waals surface area contributed by atoms with E-state index < -0.39 is 6.03 Å². The molecule has 0 aliphatic carbocycles. The molecular formula is C7H8BrN3O. The predicted molar refractivity (Wildman–Crippen MR) is 48.4 cm³/mol. The van der Waals surface area contributed by atoms with Crippen molar-refractivity contribution in [3.63, 3.8) is 0 Å². The van der Waals surface area contributed by atoms with Crippen LogP contribution in [0.4, 0.5) is 4.79 Å². The molecule has 0 saturated carbocycles. The van der Waals surface area contributed by atoms with Crippen molar-refractivity contribution in [2.75, 3.05) is 0 Å². The zero-order valence-corrected chi connectivity index (χ0v) is 7.84. The molecule has 0 bridgehead atoms. The van der Waals surface area contributed by atoms with E-state index in [1.165, 1.54) is 0 Å². The molecule has 1 aromatic heterocycles. The van der Waals surface area contributed by atoms with Gasteiger partial charge in [0.1, 0.15) is 0 Å². The van der Waals surface area contributed by atoms with Crippen LogP contribution in [0.2, 0.25) is 0 Å². The number of hydrogen-bond acceptors (Lipinski definition) is 2. The van der Waals surface area contributed by atoms with E-state index >= 15 is 0 Å². The smallest absolute Gasteiger partial charge is 0.312 e. The SMILES string of the molecule is NC(=O)NCc1ncccc1Br. The van der Waals surface area contributed by atoms with Gasteiger partial charge in [-0.2, -0.15) is 0 Å². The number of pyridine rings is 1. The first-order chi connectivity index (χ1) is 5.70. The number of carbonyl (C=O) groups excluding carboxylic acids is 1. The fraction of sp³-hybridized carbons (Fsp3) is 0.143. The molecule has 0 aliphatic heterocycles. The van der Waals surface area contributed by atoms with Crippen LogP contribution in [0.1, 0.15) is 5.69 Å². The Hall–Kier alpha value is -1.10. The number of nitrogens with two attached hydrogens (primary N) is 1. The number of nitrogens with zero attached hydrogens (tertiary/aromatic N) is 1. The van der Waals surface area contributed by atoms with Gasteiger partial charge in [0.2, 0.25) is 0 Å². The molecule has 0 unspecified atom stereocenters. The molecule has 0 aromatic carbocycles. The second kappa shape index (κ2) is 4.06. The second-order valence-electron chi connectivity index (χ2n) is 2.15. The highest BCUT2D eigenvalue weighted by Crippen LogP contribution is 2.12. The minimum atomic E-state index is -0.549. The van der Waals surface area contributed by atoms with Crippen LogP contribution < -0.4 is 11.1 Å². The molecule has 64 valence electrons. The Labute approximate surface area is 78.3 Å². The zero-order valence-electron chi connectivity index (χ0n) is 6.25. The number of amides is 2. The van der Waals surface area contributed by atoms with Crippen molar-refractivity contribution in [1.82, 2.24) is 10.3 Å². The molecule has 0 saturated heterocycles. The van der Waals surface area contributed by atoms with Crippen LogP contribution in [0, 0.1) is 0 Å². The van der Waals surface area contributed by atoms with E-state index in [1.807, 2.05) is 6.07 Å². The summed E-state index contributed by atoms with van der Waals surface area (Å²) in [4.78, 5) is 14.4. The highest BCUT2D eigenvalue weighted by molar-refractivity contribution is 9.10. The van der Waals surface area contributed by atoms with E-state index in [1.54, 1.807) is 12.3 Å². The van der Waals surface area contributed by atoms with Gasteiger partial charge in [0, 0.05) is 10.7 Å². The predicted octanol–water partition coefficient (Wildman–Crippen LogP) is 1.01. The number of primary amides is 1. The first-order valence-electron chi connectivity index (χ1n) is 3.33. The van der Waals surface area contributed by atoms with Crippen molar-refractivity contribution < 1.29 is 4.79 Å². The van der Waals surface area contributed by atoms with Crippen molar-refractivity contribution in [1.29, 1.82) is 0 Å². The van der Waals surface area contributed by atoms with Crippen LogP contribution in [-0.2, 0) is 6.54 Å². The van der Waals surface area contributed by atoms with Gasteiger partial charge in [0.15, 0.2) is 0 Å². The van der Waals surface area contributed by atoms with Gasteiger partial charge in [-0.25, -0.2) is 4.79 Å². The Balaban J connectivity index is 2.63. The van der Waals surface area contributed by atoms with Gasteiger partial charge in [-0.3, -0.25) is 4.98 Å². The summed E-state index contributed by atoms with van der Waals surface area (Å²) < 4.78 is 0.860. The molecule has 0 aliphatic rings. The lowest BCUT2D eigenvalue weighted by molar-refractivity contribution is 0.248. The first kappa shape index (κ1) is 8.99. The molecule has 0 radical (unpaired) electrons. The van der Waals surface area contributed by atoms with Gasteiger partial charge < -0.3 is 11.1 Å². The third-order valence-corrected chi connectivity index (χ3v) is 1.99. The summed E-state index contributed by atoms with van der Waals surface area (Å²) in [5.74, 6) is 0. The molecule has 3 N–H and O–H groups in total. The molecule has 0 atom stereocenters. The fourth-order valence-corrected chi connectivity index (χ4v) is 1.11. The Morgan fingerprint density at radius 3 is 3.08 bits per heavy atom. The van der Waals surface area contributed by atoms with Crippen molar-refractivity contribution in [3.8, 4) is 0 Å². The van der Waals surface area contributed by atoms with E-state index in [0.717, 1.165) is 10.2 Å². The second-order valence-corrected chi connectivity index (χ2v) is 3.00. The van der Waals surface area contributed by atoms with E-state index in [4.69, 9.17) is 5.73 Å². The number of halogens is 1. The summed E-state index contributed by atoms with van der Waals surface area (Å²) >= 11 is 3.29. The maximum atomic E-state index is 10.4. The number of nitrogens with one attached hydrogen (secondary N) is 1. The molecule has 12 heavy (non-hydrogen) atoms. The summed E-state index contributed by atoms with van der Waals surface area (Å²) in [5.41, 5.74) is 5.66. The van der Waals surface area contributed by atoms with Crippen LogP contribution in [0.5, 0.6) is 0 Å². The van der Waals surface area contributed by atoms with Crippen molar-refractivity contribution in [2.24, 2.45) is 5.73 Å². The third kappa shape index (κ3) is 2.50. The van der Waals surface area contributed by atoms with Crippen molar-refractivity contribution >= 4 is 22.0 Å². The minimum Gasteiger partial charge on any atom is -0.352 e. The van der Waals surface area contributed by atoms with Gasteiger partial charge in [-0.1, -0.05) is 0 Å². The Morgan fingerprint density at radius 2 is 2.50 bits per heavy atom. The van der Waals surface area contributed by atoms with Crippen LogP contribution in [-0.4, -0.2) is 11.0 Å². The molecule has 1 rings (SSSR count). The topological polar surface area (TPSA) is 68.0 Å². The number of rotatable bonds is 2. The lowest BCUT2D eigenvalue weighted by Crippen LogP contribution is -2.29. The minimum absolute atomic E-state index is 0.344. The quantitative estimate of drug-likeness (QED) is 0.796. The molecular weight excluding hydrogens is 222 g/mol. The maximum Gasteiger partial charge on any atom is 0.312 e. The van der Waals surface area contributed by atoms with E-state index in [9.17, 15) is 4.79 Å². The van der Waals surface area contributed by atoms with Crippen LogP contribution in [0.15, 0.2) is 22.8 Å². The number of carbonyl (C=O) groups is 1. The number of aromatic nitrogens is 1. The summed E-state index contributed by atoms with van der Waals surface area (Å²) in [6.45, 7) is 0.344. The summed E-state index contributed by atoms with van der Waals surface area (Å²) in [7, 11) is 0. The number of urea groups is 1. The summed E-state index contributed by atoms with van der Waals surface area (Å²) in [6, 6.07) is 3.11. The van der Waals surface area contributed by atoms with Crippen molar-refractivity contribution in [3.05, 3.63) is 28.5 Å². The highest BCUT2D eigenvalue weighted by atomic mass is 79.9. The van der Waals surface area contributed by atoms with E-state index in [0.29, 0.717) is 6.54 Å².